The van der Waals surface area contributed by atoms with Gasteiger partial charge in [0.15, 0.2) is 5.82 Å². The molecule has 3 atom stereocenters. The van der Waals surface area contributed by atoms with E-state index in [1.54, 1.807) is 0 Å². The van der Waals surface area contributed by atoms with Crippen molar-refractivity contribution in [2.45, 2.75) is 24.9 Å². The maximum absolute atomic E-state index is 12.9. The van der Waals surface area contributed by atoms with Crippen LogP contribution in [-0.4, -0.2) is 38.6 Å². The molecule has 88 valence electrons. The van der Waals surface area contributed by atoms with Crippen LogP contribution in [0.25, 0.3) is 0 Å². The Bertz CT molecular complexity index is 436. The van der Waals surface area contributed by atoms with Gasteiger partial charge in [-0.3, -0.25) is 4.57 Å². The molecule has 0 saturated carbocycles. The second-order valence-electron chi connectivity index (χ2n) is 3.58. The number of aliphatic hydroxyl groups excluding tert-OH is 2. The molecule has 0 amide bonds. The average molecular weight is 230 g/mol. The minimum Gasteiger partial charge on any atom is -0.394 e. The van der Waals surface area contributed by atoms with Gasteiger partial charge in [0, 0.05) is 12.6 Å². The van der Waals surface area contributed by atoms with Crippen molar-refractivity contribution in [2.24, 2.45) is 0 Å². The van der Waals surface area contributed by atoms with Crippen LogP contribution in [0.15, 0.2) is 17.2 Å². The molecule has 1 aliphatic heterocycles. The number of rotatable bonds is 2. The first kappa shape index (κ1) is 11.2. The van der Waals surface area contributed by atoms with E-state index in [9.17, 15) is 14.3 Å². The second kappa shape index (κ2) is 4.28. The Labute approximate surface area is 89.9 Å². The van der Waals surface area contributed by atoms with E-state index in [0.29, 0.717) is 0 Å². The minimum absolute atomic E-state index is 0.121. The van der Waals surface area contributed by atoms with E-state index in [1.807, 2.05) is 0 Å². The summed E-state index contributed by atoms with van der Waals surface area (Å²) >= 11 is 0. The highest BCUT2D eigenvalue weighted by atomic mass is 19.1. The molecule has 1 aromatic rings. The van der Waals surface area contributed by atoms with Crippen molar-refractivity contribution in [3.63, 3.8) is 0 Å². The van der Waals surface area contributed by atoms with Gasteiger partial charge in [0.05, 0.1) is 18.9 Å². The zero-order valence-electron chi connectivity index (χ0n) is 8.28. The Morgan fingerprint density at radius 3 is 3.06 bits per heavy atom. The SMILES string of the molecule is O=c1ncc(F)cn1[C@H]1C[C@H](O)[C@@H](CO)O1. The molecule has 1 saturated heterocycles. The molecule has 0 unspecified atom stereocenters. The van der Waals surface area contributed by atoms with Gasteiger partial charge < -0.3 is 14.9 Å². The number of nitrogens with zero attached hydrogens (tertiary/aromatic N) is 2. The summed E-state index contributed by atoms with van der Waals surface area (Å²) in [7, 11) is 0. The summed E-state index contributed by atoms with van der Waals surface area (Å²) in [6, 6.07) is 0. The predicted octanol–water partition coefficient (Wildman–Crippen LogP) is -0.977. The standard InChI is InChI=1S/C9H11FN2O4/c10-5-2-11-9(15)12(3-5)8-1-6(14)7(4-13)16-8/h2-3,6-8,13-14H,1,4H2/t6-,7+,8+/m0/s1. The van der Waals surface area contributed by atoms with E-state index in [2.05, 4.69) is 4.98 Å². The van der Waals surface area contributed by atoms with E-state index in [4.69, 9.17) is 9.84 Å². The lowest BCUT2D eigenvalue weighted by Gasteiger charge is -2.13. The van der Waals surface area contributed by atoms with E-state index < -0.39 is 29.9 Å². The zero-order chi connectivity index (χ0) is 11.7. The number of ether oxygens (including phenoxy) is 1. The Balaban J connectivity index is 2.26. The third kappa shape index (κ3) is 1.97. The second-order valence-corrected chi connectivity index (χ2v) is 3.58. The summed E-state index contributed by atoms with van der Waals surface area (Å²) in [5.74, 6) is -0.662. The van der Waals surface area contributed by atoms with Gasteiger partial charge in [-0.2, -0.15) is 4.98 Å². The number of halogens is 1. The lowest BCUT2D eigenvalue weighted by molar-refractivity contribution is -0.0461. The Morgan fingerprint density at radius 2 is 2.44 bits per heavy atom. The monoisotopic (exact) mass is 230 g/mol. The molecular weight excluding hydrogens is 219 g/mol. The highest BCUT2D eigenvalue weighted by Crippen LogP contribution is 2.27. The van der Waals surface area contributed by atoms with Crippen LogP contribution in [-0.2, 0) is 4.74 Å². The largest absolute Gasteiger partial charge is 0.394 e. The maximum atomic E-state index is 12.9. The zero-order valence-corrected chi connectivity index (χ0v) is 8.28. The molecule has 0 aromatic carbocycles. The van der Waals surface area contributed by atoms with Gasteiger partial charge in [0.25, 0.3) is 0 Å². The van der Waals surface area contributed by atoms with E-state index in [-0.39, 0.29) is 13.0 Å². The molecule has 1 aliphatic rings. The molecule has 0 radical (unpaired) electrons. The summed E-state index contributed by atoms with van der Waals surface area (Å²) in [6.45, 7) is -0.352. The first-order valence-corrected chi connectivity index (χ1v) is 4.80. The lowest BCUT2D eigenvalue weighted by Crippen LogP contribution is -2.27. The average Bonchev–Trinajstić information content (AvgIpc) is 2.63. The van der Waals surface area contributed by atoms with Gasteiger partial charge >= 0.3 is 5.69 Å². The van der Waals surface area contributed by atoms with Crippen LogP contribution in [0.1, 0.15) is 12.6 Å². The van der Waals surface area contributed by atoms with Crippen LogP contribution in [0.3, 0.4) is 0 Å². The highest BCUT2D eigenvalue weighted by Gasteiger charge is 2.34. The first-order chi connectivity index (χ1) is 7.61. The Hall–Kier alpha value is -1.31. The highest BCUT2D eigenvalue weighted by molar-refractivity contribution is 4.90. The lowest BCUT2D eigenvalue weighted by atomic mass is 10.2. The summed E-state index contributed by atoms with van der Waals surface area (Å²) in [5.41, 5.74) is -0.655. The molecule has 16 heavy (non-hydrogen) atoms. The van der Waals surface area contributed by atoms with E-state index in [0.717, 1.165) is 17.0 Å². The molecule has 0 aliphatic carbocycles. The molecule has 7 heteroatoms. The third-order valence-corrected chi connectivity index (χ3v) is 2.48. The number of hydrogen-bond donors (Lipinski definition) is 2. The molecule has 0 bridgehead atoms. The summed E-state index contributed by atoms with van der Waals surface area (Å²) < 4.78 is 19.1. The molecular formula is C9H11FN2O4. The van der Waals surface area contributed by atoms with Crippen LogP contribution in [0.2, 0.25) is 0 Å². The first-order valence-electron chi connectivity index (χ1n) is 4.80. The van der Waals surface area contributed by atoms with Crippen LogP contribution >= 0.6 is 0 Å². The minimum atomic E-state index is -0.870. The summed E-state index contributed by atoms with van der Waals surface area (Å²) in [4.78, 5) is 14.6. The van der Waals surface area contributed by atoms with Crippen LogP contribution < -0.4 is 5.69 Å². The van der Waals surface area contributed by atoms with Gasteiger partial charge in [0.2, 0.25) is 0 Å². The van der Waals surface area contributed by atoms with Gasteiger partial charge in [-0.15, -0.1) is 0 Å². The van der Waals surface area contributed by atoms with Crippen molar-refractivity contribution < 1.29 is 19.3 Å². The van der Waals surface area contributed by atoms with Gasteiger partial charge in [-0.25, -0.2) is 9.18 Å². The van der Waals surface area contributed by atoms with Gasteiger partial charge in [-0.1, -0.05) is 0 Å². The van der Waals surface area contributed by atoms with Crippen LogP contribution in [0.5, 0.6) is 0 Å². The quantitative estimate of drug-likeness (QED) is 0.682. The van der Waals surface area contributed by atoms with Crippen LogP contribution in [0, 0.1) is 5.82 Å². The fourth-order valence-corrected chi connectivity index (χ4v) is 1.66. The van der Waals surface area contributed by atoms with Crippen molar-refractivity contribution in [2.75, 3.05) is 6.61 Å². The smallest absolute Gasteiger partial charge is 0.349 e. The fraction of sp³-hybridized carbons (Fsp3) is 0.556. The molecule has 6 nitrogen and oxygen atoms in total. The number of aliphatic hydroxyl groups is 2. The normalized spacial score (nSPS) is 29.6. The molecule has 2 heterocycles. The molecule has 0 spiro atoms. The molecule has 2 N–H and O–H groups in total. The number of aromatic nitrogens is 2. The van der Waals surface area contributed by atoms with Gasteiger partial charge in [-0.05, 0) is 0 Å². The Kier molecular flexibility index (Phi) is 2.99. The fourth-order valence-electron chi connectivity index (χ4n) is 1.66. The number of hydrogen-bond acceptors (Lipinski definition) is 5. The summed E-state index contributed by atoms with van der Waals surface area (Å²) in [6.07, 6.45) is -0.510. The van der Waals surface area contributed by atoms with Crippen molar-refractivity contribution >= 4 is 0 Å². The Morgan fingerprint density at radius 1 is 1.69 bits per heavy atom. The van der Waals surface area contributed by atoms with Crippen molar-refractivity contribution in [3.05, 3.63) is 28.7 Å². The molecule has 2 rings (SSSR count). The van der Waals surface area contributed by atoms with Crippen LogP contribution in [0.4, 0.5) is 4.39 Å². The third-order valence-electron chi connectivity index (χ3n) is 2.48. The van der Waals surface area contributed by atoms with E-state index in [1.165, 1.54) is 0 Å². The predicted molar refractivity (Wildman–Crippen MR) is 50.1 cm³/mol. The van der Waals surface area contributed by atoms with Crippen molar-refractivity contribution in [3.8, 4) is 0 Å². The van der Waals surface area contributed by atoms with Gasteiger partial charge in [0.1, 0.15) is 12.3 Å². The molecule has 1 fully saturated rings. The molecule has 1 aromatic heterocycles. The summed E-state index contributed by atoms with van der Waals surface area (Å²) in [5, 5.41) is 18.3. The van der Waals surface area contributed by atoms with E-state index >= 15 is 0 Å². The maximum Gasteiger partial charge on any atom is 0.349 e. The van der Waals surface area contributed by atoms with Crippen molar-refractivity contribution in [1.29, 1.82) is 0 Å². The topological polar surface area (TPSA) is 84.6 Å². The van der Waals surface area contributed by atoms with Crippen molar-refractivity contribution in [1.82, 2.24) is 9.55 Å².